The highest BCUT2D eigenvalue weighted by Crippen LogP contribution is 2.59. The number of carbonyl (C=O) groups excluding carboxylic acids is 1. The number of carboxylic acids is 1. The third kappa shape index (κ3) is 2.45. The minimum Gasteiger partial charge on any atom is -0.496 e. The van der Waals surface area contributed by atoms with E-state index in [1.807, 2.05) is 24.0 Å². The predicted molar refractivity (Wildman–Crippen MR) is 81.0 cm³/mol. The summed E-state index contributed by atoms with van der Waals surface area (Å²) in [7, 11) is 1.60. The normalized spacial score (nSPS) is 22.5. The number of carboxylic acid groups (broad SMARTS) is 1. The Labute approximate surface area is 129 Å². The molecule has 1 aliphatic carbocycles. The summed E-state index contributed by atoms with van der Waals surface area (Å²) < 4.78 is 5.27. The molecule has 1 amide bonds. The number of carbonyl (C=O) groups is 2. The lowest BCUT2D eigenvalue weighted by Gasteiger charge is -2.32. The predicted octanol–water partition coefficient (Wildman–Crippen LogP) is 2.33. The maximum atomic E-state index is 12.6. The highest BCUT2D eigenvalue weighted by atomic mass is 16.5. The Kier molecular flexibility index (Phi) is 3.59. The molecule has 1 aliphatic heterocycles. The van der Waals surface area contributed by atoms with Crippen molar-refractivity contribution in [2.24, 2.45) is 11.3 Å². The van der Waals surface area contributed by atoms with E-state index in [1.165, 1.54) is 0 Å². The summed E-state index contributed by atoms with van der Waals surface area (Å²) in [6.45, 7) is 3.22. The van der Waals surface area contributed by atoms with E-state index in [2.05, 4.69) is 0 Å². The molecule has 1 heterocycles. The molecule has 1 unspecified atom stereocenters. The van der Waals surface area contributed by atoms with Gasteiger partial charge in [0.2, 0.25) is 0 Å². The topological polar surface area (TPSA) is 66.8 Å². The van der Waals surface area contributed by atoms with Gasteiger partial charge in [-0.05, 0) is 49.3 Å². The Morgan fingerprint density at radius 3 is 2.55 bits per heavy atom. The fourth-order valence-corrected chi connectivity index (χ4v) is 3.54. The van der Waals surface area contributed by atoms with Gasteiger partial charge in [-0.3, -0.25) is 9.59 Å². The number of aryl methyl sites for hydroxylation is 1. The quantitative estimate of drug-likeness (QED) is 0.930. The first kappa shape index (κ1) is 14.9. The Bertz CT molecular complexity index is 617. The number of rotatable bonds is 3. The lowest BCUT2D eigenvalue weighted by atomic mass is 9.90. The van der Waals surface area contributed by atoms with Crippen molar-refractivity contribution in [3.63, 3.8) is 0 Å². The van der Waals surface area contributed by atoms with Crippen LogP contribution in [0.4, 0.5) is 0 Å². The van der Waals surface area contributed by atoms with Crippen LogP contribution in [0.3, 0.4) is 0 Å². The number of likely N-dealkylation sites (tertiary alicyclic amines) is 1. The molecule has 3 rings (SSSR count). The molecule has 1 aromatic carbocycles. The average Bonchev–Trinajstić information content (AvgIpc) is 3.22. The molecule has 0 radical (unpaired) electrons. The second-order valence-corrected chi connectivity index (χ2v) is 6.43. The number of aliphatic carboxylic acids is 1. The van der Waals surface area contributed by atoms with Crippen LogP contribution in [0.15, 0.2) is 18.2 Å². The van der Waals surface area contributed by atoms with E-state index < -0.39 is 5.97 Å². The van der Waals surface area contributed by atoms with Crippen LogP contribution in [0.25, 0.3) is 0 Å². The summed E-state index contributed by atoms with van der Waals surface area (Å²) in [5.74, 6) is -0.180. The minimum absolute atomic E-state index is 0.000625. The molecule has 1 saturated carbocycles. The molecule has 2 aliphatic rings. The van der Waals surface area contributed by atoms with E-state index in [0.717, 1.165) is 24.8 Å². The van der Waals surface area contributed by atoms with Crippen molar-refractivity contribution in [1.29, 1.82) is 0 Å². The summed E-state index contributed by atoms with van der Waals surface area (Å²) in [4.78, 5) is 25.5. The van der Waals surface area contributed by atoms with Gasteiger partial charge in [-0.25, -0.2) is 0 Å². The summed E-state index contributed by atoms with van der Waals surface area (Å²) in [5.41, 5.74) is 1.58. The lowest BCUT2D eigenvalue weighted by Crippen LogP contribution is -2.40. The van der Waals surface area contributed by atoms with Crippen LogP contribution < -0.4 is 4.74 Å². The largest absolute Gasteiger partial charge is 0.496 e. The zero-order valence-electron chi connectivity index (χ0n) is 13.0. The Morgan fingerprint density at radius 1 is 1.32 bits per heavy atom. The molecule has 0 aromatic heterocycles. The highest BCUT2D eigenvalue weighted by molar-refractivity contribution is 5.94. The summed E-state index contributed by atoms with van der Waals surface area (Å²) in [6.07, 6.45) is 2.35. The maximum absolute atomic E-state index is 12.6. The first-order valence-electron chi connectivity index (χ1n) is 7.63. The monoisotopic (exact) mass is 303 g/mol. The maximum Gasteiger partial charge on any atom is 0.307 e. The van der Waals surface area contributed by atoms with Crippen molar-refractivity contribution >= 4 is 11.9 Å². The van der Waals surface area contributed by atoms with E-state index in [4.69, 9.17) is 9.84 Å². The van der Waals surface area contributed by atoms with E-state index in [9.17, 15) is 9.59 Å². The van der Waals surface area contributed by atoms with Gasteiger partial charge in [-0.2, -0.15) is 0 Å². The molecule has 1 N–H and O–H groups in total. The first-order valence-corrected chi connectivity index (χ1v) is 7.63. The van der Waals surface area contributed by atoms with Crippen LogP contribution >= 0.6 is 0 Å². The number of methoxy groups -OCH3 is 1. The van der Waals surface area contributed by atoms with E-state index >= 15 is 0 Å². The lowest BCUT2D eigenvalue weighted by molar-refractivity contribution is -0.139. The summed E-state index contributed by atoms with van der Waals surface area (Å²) in [6, 6.07) is 5.49. The zero-order valence-corrected chi connectivity index (χ0v) is 13.0. The number of ether oxygens (including phenoxy) is 1. The molecule has 2 fully saturated rings. The van der Waals surface area contributed by atoms with Gasteiger partial charge in [0.25, 0.3) is 5.91 Å². The standard InChI is InChI=1S/C17H21NO4/c1-11-3-4-12(9-14(11)22-2)15(19)18-7-5-17(6-8-18)10-13(17)16(20)21/h3-4,9,13H,5-8,10H2,1-2H3,(H,20,21). The molecule has 118 valence electrons. The van der Waals surface area contributed by atoms with Crippen LogP contribution in [0.2, 0.25) is 0 Å². The summed E-state index contributed by atoms with van der Waals surface area (Å²) in [5, 5.41) is 9.11. The molecular formula is C17H21NO4. The van der Waals surface area contributed by atoms with Crippen molar-refractivity contribution in [2.75, 3.05) is 20.2 Å². The van der Waals surface area contributed by atoms with Crippen molar-refractivity contribution in [1.82, 2.24) is 4.90 Å². The molecule has 22 heavy (non-hydrogen) atoms. The van der Waals surface area contributed by atoms with Crippen LogP contribution in [-0.4, -0.2) is 42.1 Å². The van der Waals surface area contributed by atoms with Crippen molar-refractivity contribution in [2.45, 2.75) is 26.2 Å². The third-order valence-corrected chi connectivity index (χ3v) is 5.19. The zero-order chi connectivity index (χ0) is 15.9. The Hall–Kier alpha value is -2.04. The Morgan fingerprint density at radius 2 is 2.00 bits per heavy atom. The second-order valence-electron chi connectivity index (χ2n) is 6.43. The van der Waals surface area contributed by atoms with Crippen LogP contribution in [0, 0.1) is 18.3 Å². The van der Waals surface area contributed by atoms with Gasteiger partial charge in [0.05, 0.1) is 13.0 Å². The number of nitrogens with zero attached hydrogens (tertiary/aromatic N) is 1. The number of hydrogen-bond donors (Lipinski definition) is 1. The molecule has 0 bridgehead atoms. The molecule has 1 spiro atoms. The average molecular weight is 303 g/mol. The van der Waals surface area contributed by atoms with Crippen molar-refractivity contribution in [3.05, 3.63) is 29.3 Å². The van der Waals surface area contributed by atoms with Crippen LogP contribution in [-0.2, 0) is 4.79 Å². The molecule has 1 aromatic rings. The van der Waals surface area contributed by atoms with E-state index in [-0.39, 0.29) is 17.2 Å². The number of hydrogen-bond acceptors (Lipinski definition) is 3. The first-order chi connectivity index (χ1) is 10.5. The Balaban J connectivity index is 1.67. The summed E-state index contributed by atoms with van der Waals surface area (Å²) >= 11 is 0. The van der Waals surface area contributed by atoms with E-state index in [1.54, 1.807) is 13.2 Å². The highest BCUT2D eigenvalue weighted by Gasteiger charge is 2.59. The van der Waals surface area contributed by atoms with Gasteiger partial charge < -0.3 is 14.7 Å². The minimum atomic E-state index is -0.692. The molecule has 1 atom stereocenters. The fraction of sp³-hybridized carbons (Fsp3) is 0.529. The van der Waals surface area contributed by atoms with Gasteiger partial charge in [0.15, 0.2) is 0 Å². The molecular weight excluding hydrogens is 282 g/mol. The van der Waals surface area contributed by atoms with Gasteiger partial charge in [0, 0.05) is 18.7 Å². The van der Waals surface area contributed by atoms with Gasteiger partial charge >= 0.3 is 5.97 Å². The van der Waals surface area contributed by atoms with Crippen LogP contribution in [0.5, 0.6) is 5.75 Å². The molecule has 1 saturated heterocycles. The van der Waals surface area contributed by atoms with E-state index in [0.29, 0.717) is 24.4 Å². The third-order valence-electron chi connectivity index (χ3n) is 5.19. The van der Waals surface area contributed by atoms with Crippen LogP contribution in [0.1, 0.15) is 35.2 Å². The van der Waals surface area contributed by atoms with Gasteiger partial charge in [-0.15, -0.1) is 0 Å². The van der Waals surface area contributed by atoms with Gasteiger partial charge in [0.1, 0.15) is 5.75 Å². The van der Waals surface area contributed by atoms with Crippen molar-refractivity contribution in [3.8, 4) is 5.75 Å². The molecule has 5 heteroatoms. The van der Waals surface area contributed by atoms with Crippen molar-refractivity contribution < 1.29 is 19.4 Å². The SMILES string of the molecule is COc1cc(C(=O)N2CCC3(CC2)CC3C(=O)O)ccc1C. The number of amides is 1. The number of piperidine rings is 1. The molecule has 5 nitrogen and oxygen atoms in total. The number of benzene rings is 1. The fourth-order valence-electron chi connectivity index (χ4n) is 3.54. The smallest absolute Gasteiger partial charge is 0.307 e. The second kappa shape index (κ2) is 5.30. The van der Waals surface area contributed by atoms with Gasteiger partial charge in [-0.1, -0.05) is 6.07 Å².